The Hall–Kier alpha value is -2.41. The second-order valence-corrected chi connectivity index (χ2v) is 9.43. The molecule has 0 spiro atoms. The molecule has 28 heavy (non-hydrogen) atoms. The summed E-state index contributed by atoms with van der Waals surface area (Å²) in [5.74, 6) is 0.408. The van der Waals surface area contributed by atoms with Crippen LogP contribution in [0.3, 0.4) is 0 Å². The third-order valence-electron chi connectivity index (χ3n) is 4.96. The minimum absolute atomic E-state index is 0.161. The maximum atomic E-state index is 12.6. The first-order valence-electron chi connectivity index (χ1n) is 9.61. The summed E-state index contributed by atoms with van der Waals surface area (Å²) in [4.78, 5) is 29.0. The van der Waals surface area contributed by atoms with Crippen LogP contribution in [0.4, 0.5) is 15.6 Å². The third kappa shape index (κ3) is 5.55. The molecule has 1 aromatic carbocycles. The first-order chi connectivity index (χ1) is 13.2. The van der Waals surface area contributed by atoms with E-state index < -0.39 is 0 Å². The van der Waals surface area contributed by atoms with Crippen LogP contribution in [0.1, 0.15) is 56.1 Å². The summed E-state index contributed by atoms with van der Waals surface area (Å²) in [6.07, 6.45) is 3.14. The number of rotatable bonds is 4. The van der Waals surface area contributed by atoms with E-state index >= 15 is 0 Å². The minimum atomic E-state index is -0.380. The molecule has 6 nitrogen and oxygen atoms in total. The molecule has 0 aliphatic heterocycles. The largest absolute Gasteiger partial charge is 0.348 e. The van der Waals surface area contributed by atoms with Gasteiger partial charge in [0.2, 0.25) is 0 Å². The molecule has 150 valence electrons. The molecule has 3 rings (SSSR count). The molecule has 0 radical (unpaired) electrons. The van der Waals surface area contributed by atoms with E-state index in [0.29, 0.717) is 22.4 Å². The van der Waals surface area contributed by atoms with Crippen LogP contribution >= 0.6 is 11.3 Å². The van der Waals surface area contributed by atoms with Crippen LogP contribution in [-0.4, -0.2) is 23.0 Å². The van der Waals surface area contributed by atoms with Gasteiger partial charge in [0.15, 0.2) is 5.13 Å². The number of urea groups is 1. The number of hydrogen-bond donors (Lipinski definition) is 3. The Morgan fingerprint density at radius 3 is 2.71 bits per heavy atom. The Labute approximate surface area is 170 Å². The van der Waals surface area contributed by atoms with Gasteiger partial charge in [-0.3, -0.25) is 10.1 Å². The Morgan fingerprint density at radius 1 is 1.21 bits per heavy atom. The van der Waals surface area contributed by atoms with Crippen molar-refractivity contribution in [2.24, 2.45) is 11.3 Å². The van der Waals surface area contributed by atoms with Gasteiger partial charge in [0.25, 0.3) is 5.91 Å². The summed E-state index contributed by atoms with van der Waals surface area (Å²) in [6.45, 7) is 8.69. The normalized spacial score (nSPS) is 21.0. The molecular formula is C21H28N4O2S. The molecule has 7 heteroatoms. The van der Waals surface area contributed by atoms with Crippen molar-refractivity contribution >= 4 is 34.1 Å². The van der Waals surface area contributed by atoms with Crippen LogP contribution in [-0.2, 0) is 0 Å². The Morgan fingerprint density at radius 2 is 2.00 bits per heavy atom. The summed E-state index contributed by atoms with van der Waals surface area (Å²) in [6, 6.07) is 7.32. The predicted molar refractivity (Wildman–Crippen MR) is 114 cm³/mol. The number of aromatic nitrogens is 1. The first kappa shape index (κ1) is 20.3. The average molecular weight is 401 g/mol. The van der Waals surface area contributed by atoms with E-state index in [-0.39, 0.29) is 23.4 Å². The zero-order valence-electron chi connectivity index (χ0n) is 16.8. The average Bonchev–Trinajstić information content (AvgIpc) is 3.01. The lowest BCUT2D eigenvalue weighted by molar-refractivity contribution is 0.0870. The molecule has 2 aromatic rings. The second-order valence-electron chi connectivity index (χ2n) is 8.57. The Bertz CT molecular complexity index is 862. The molecule has 1 saturated carbocycles. The van der Waals surface area contributed by atoms with E-state index in [0.717, 1.165) is 18.4 Å². The van der Waals surface area contributed by atoms with Gasteiger partial charge in [0.1, 0.15) is 5.69 Å². The van der Waals surface area contributed by atoms with Gasteiger partial charge < -0.3 is 10.6 Å². The van der Waals surface area contributed by atoms with Gasteiger partial charge in [-0.1, -0.05) is 32.9 Å². The summed E-state index contributed by atoms with van der Waals surface area (Å²) in [7, 11) is 0. The number of carbonyl (C=O) groups excluding carboxylic acids is 2. The molecule has 0 saturated heterocycles. The lowest BCUT2D eigenvalue weighted by atomic mass is 9.70. The number of carbonyl (C=O) groups is 2. The zero-order chi connectivity index (χ0) is 20.3. The molecule has 3 amide bonds. The van der Waals surface area contributed by atoms with E-state index in [1.54, 1.807) is 5.38 Å². The van der Waals surface area contributed by atoms with Crippen molar-refractivity contribution in [3.63, 3.8) is 0 Å². The van der Waals surface area contributed by atoms with Crippen LogP contribution in [0.15, 0.2) is 29.6 Å². The molecule has 1 aliphatic carbocycles. The van der Waals surface area contributed by atoms with Gasteiger partial charge in [-0.15, -0.1) is 11.3 Å². The fourth-order valence-electron chi connectivity index (χ4n) is 4.13. The highest BCUT2D eigenvalue weighted by Gasteiger charge is 2.33. The number of nitrogens with zero attached hydrogens (tertiary/aromatic N) is 1. The summed E-state index contributed by atoms with van der Waals surface area (Å²) in [5.41, 5.74) is 2.34. The maximum Gasteiger partial charge on any atom is 0.325 e. The number of thiazole rings is 1. The molecule has 0 bridgehead atoms. The third-order valence-corrected chi connectivity index (χ3v) is 5.71. The molecule has 1 aromatic heterocycles. The number of aryl methyl sites for hydroxylation is 1. The van der Waals surface area contributed by atoms with Gasteiger partial charge in [-0.25, -0.2) is 9.78 Å². The molecule has 1 aliphatic rings. The molecular weight excluding hydrogens is 372 g/mol. The highest BCUT2D eigenvalue weighted by Crippen LogP contribution is 2.38. The smallest absolute Gasteiger partial charge is 0.325 e. The van der Waals surface area contributed by atoms with Crippen LogP contribution in [0.5, 0.6) is 0 Å². The van der Waals surface area contributed by atoms with Crippen molar-refractivity contribution in [2.45, 2.75) is 53.0 Å². The highest BCUT2D eigenvalue weighted by atomic mass is 32.1. The van der Waals surface area contributed by atoms with Crippen LogP contribution in [0, 0.1) is 18.3 Å². The van der Waals surface area contributed by atoms with Gasteiger partial charge in [0, 0.05) is 17.1 Å². The lowest BCUT2D eigenvalue weighted by Crippen LogP contribution is -2.43. The Kier molecular flexibility index (Phi) is 6.03. The molecule has 1 heterocycles. The van der Waals surface area contributed by atoms with E-state index in [4.69, 9.17) is 0 Å². The lowest BCUT2D eigenvalue weighted by Gasteiger charge is -2.39. The van der Waals surface area contributed by atoms with Crippen molar-refractivity contribution in [3.8, 4) is 0 Å². The highest BCUT2D eigenvalue weighted by molar-refractivity contribution is 7.14. The van der Waals surface area contributed by atoms with Crippen molar-refractivity contribution in [1.29, 1.82) is 0 Å². The number of hydrogen-bond acceptors (Lipinski definition) is 4. The SMILES string of the molecule is Cc1cccc(NC(=O)Nc2nc(C(=O)N[C@@H]3C[C@H](C)CC(C)(C)C3)cs2)c1. The van der Waals surface area contributed by atoms with Crippen molar-refractivity contribution < 1.29 is 9.59 Å². The maximum absolute atomic E-state index is 12.6. The standard InChI is InChI=1S/C21H28N4O2S/c1-13-6-5-7-15(8-13)23-19(27)25-20-24-17(12-28-20)18(26)22-16-9-14(2)10-21(3,4)11-16/h5-8,12,14,16H,9-11H2,1-4H3,(H,22,26)(H2,23,24,25,27)/t14-,16+/m0/s1. The molecule has 3 N–H and O–H groups in total. The van der Waals surface area contributed by atoms with Crippen molar-refractivity contribution in [1.82, 2.24) is 10.3 Å². The van der Waals surface area contributed by atoms with Crippen LogP contribution in [0.25, 0.3) is 0 Å². The van der Waals surface area contributed by atoms with Crippen LogP contribution < -0.4 is 16.0 Å². The number of benzene rings is 1. The zero-order valence-corrected chi connectivity index (χ0v) is 17.7. The minimum Gasteiger partial charge on any atom is -0.348 e. The summed E-state index contributed by atoms with van der Waals surface area (Å²) < 4.78 is 0. The van der Waals surface area contributed by atoms with Crippen LogP contribution in [0.2, 0.25) is 0 Å². The number of amides is 3. The molecule has 0 unspecified atom stereocenters. The van der Waals surface area contributed by atoms with Gasteiger partial charge in [-0.05, 0) is 55.2 Å². The fourth-order valence-corrected chi connectivity index (χ4v) is 4.82. The van der Waals surface area contributed by atoms with Gasteiger partial charge >= 0.3 is 6.03 Å². The molecule has 2 atom stereocenters. The quantitative estimate of drug-likeness (QED) is 0.672. The van der Waals surface area contributed by atoms with Crippen molar-refractivity contribution in [2.75, 3.05) is 10.6 Å². The second kappa shape index (κ2) is 8.31. The fraction of sp³-hybridized carbons (Fsp3) is 0.476. The van der Waals surface area contributed by atoms with E-state index in [1.165, 1.54) is 17.8 Å². The molecule has 1 fully saturated rings. The van der Waals surface area contributed by atoms with Gasteiger partial charge in [0.05, 0.1) is 0 Å². The monoisotopic (exact) mass is 400 g/mol. The Balaban J connectivity index is 1.56. The number of anilines is 2. The van der Waals surface area contributed by atoms with E-state index in [2.05, 4.69) is 41.7 Å². The number of nitrogens with one attached hydrogen (secondary N) is 3. The van der Waals surface area contributed by atoms with Crippen molar-refractivity contribution in [3.05, 3.63) is 40.9 Å². The first-order valence-corrected chi connectivity index (χ1v) is 10.5. The predicted octanol–water partition coefficient (Wildman–Crippen LogP) is 5.04. The van der Waals surface area contributed by atoms with Gasteiger partial charge in [-0.2, -0.15) is 0 Å². The van der Waals surface area contributed by atoms with E-state index in [1.807, 2.05) is 31.2 Å². The summed E-state index contributed by atoms with van der Waals surface area (Å²) >= 11 is 1.24. The van der Waals surface area contributed by atoms with E-state index in [9.17, 15) is 9.59 Å². The topological polar surface area (TPSA) is 83.1 Å². The summed E-state index contributed by atoms with van der Waals surface area (Å²) in [5, 5.41) is 10.6.